The second-order valence-corrected chi connectivity index (χ2v) is 4.22. The van der Waals surface area contributed by atoms with Gasteiger partial charge in [0.1, 0.15) is 5.82 Å². The third-order valence-corrected chi connectivity index (χ3v) is 2.95. The van der Waals surface area contributed by atoms with Gasteiger partial charge in [-0.3, -0.25) is 4.99 Å². The zero-order chi connectivity index (χ0) is 9.26. The van der Waals surface area contributed by atoms with Crippen LogP contribution in [0.1, 0.15) is 18.4 Å². The Bertz CT molecular complexity index is 360. The summed E-state index contributed by atoms with van der Waals surface area (Å²) in [4.78, 5) is 4.37. The molecular formula is C10H9FIN. The van der Waals surface area contributed by atoms with Crippen LogP contribution in [-0.4, -0.2) is 12.3 Å². The van der Waals surface area contributed by atoms with E-state index >= 15 is 0 Å². The van der Waals surface area contributed by atoms with E-state index in [1.807, 2.05) is 34.7 Å². The van der Waals surface area contributed by atoms with E-state index < -0.39 is 0 Å². The number of rotatable bonds is 1. The van der Waals surface area contributed by atoms with Crippen LogP contribution in [0, 0.1) is 9.39 Å². The van der Waals surface area contributed by atoms with Crippen molar-refractivity contribution >= 4 is 28.3 Å². The van der Waals surface area contributed by atoms with E-state index in [2.05, 4.69) is 4.99 Å². The van der Waals surface area contributed by atoms with Gasteiger partial charge in [-0.15, -0.1) is 0 Å². The zero-order valence-corrected chi connectivity index (χ0v) is 9.21. The lowest BCUT2D eigenvalue weighted by Gasteiger charge is -2.01. The summed E-state index contributed by atoms with van der Waals surface area (Å²) in [6.45, 7) is 0.920. The Morgan fingerprint density at radius 1 is 1.38 bits per heavy atom. The molecule has 3 heteroatoms. The maximum Gasteiger partial charge on any atom is 0.136 e. The minimum atomic E-state index is -0.150. The van der Waals surface area contributed by atoms with Crippen LogP contribution < -0.4 is 0 Å². The largest absolute Gasteiger partial charge is 0.289 e. The molecule has 1 aromatic carbocycles. The molecule has 0 radical (unpaired) electrons. The molecule has 0 aromatic heterocycles. The van der Waals surface area contributed by atoms with E-state index in [-0.39, 0.29) is 5.82 Å². The molecule has 1 aliphatic heterocycles. The fourth-order valence-electron chi connectivity index (χ4n) is 1.45. The molecule has 0 spiro atoms. The molecule has 0 unspecified atom stereocenters. The molecular weight excluding hydrogens is 280 g/mol. The smallest absolute Gasteiger partial charge is 0.136 e. The van der Waals surface area contributed by atoms with Gasteiger partial charge < -0.3 is 0 Å². The highest BCUT2D eigenvalue weighted by atomic mass is 127. The first-order valence-corrected chi connectivity index (χ1v) is 5.34. The summed E-state index contributed by atoms with van der Waals surface area (Å²) < 4.78 is 13.6. The number of hydrogen-bond donors (Lipinski definition) is 0. The van der Waals surface area contributed by atoms with Gasteiger partial charge in [-0.25, -0.2) is 4.39 Å². The van der Waals surface area contributed by atoms with Gasteiger partial charge in [-0.05, 0) is 53.1 Å². The number of nitrogens with zero attached hydrogens (tertiary/aromatic N) is 1. The van der Waals surface area contributed by atoms with Gasteiger partial charge in [0.25, 0.3) is 0 Å². The van der Waals surface area contributed by atoms with Crippen molar-refractivity contribution < 1.29 is 4.39 Å². The molecule has 0 aliphatic carbocycles. The predicted octanol–water partition coefficient (Wildman–Crippen LogP) is 3.01. The lowest BCUT2D eigenvalue weighted by Crippen LogP contribution is -1.97. The molecule has 2 rings (SSSR count). The summed E-state index contributed by atoms with van der Waals surface area (Å²) in [6, 6.07) is 5.18. The van der Waals surface area contributed by atoms with Gasteiger partial charge in [-0.2, -0.15) is 0 Å². The van der Waals surface area contributed by atoms with Gasteiger partial charge in [0, 0.05) is 15.8 Å². The van der Waals surface area contributed by atoms with Crippen molar-refractivity contribution in [3.8, 4) is 0 Å². The number of hydrogen-bond acceptors (Lipinski definition) is 1. The maximum absolute atomic E-state index is 12.9. The van der Waals surface area contributed by atoms with E-state index in [0.717, 1.165) is 30.7 Å². The lowest BCUT2D eigenvalue weighted by atomic mass is 10.1. The minimum Gasteiger partial charge on any atom is -0.289 e. The first kappa shape index (κ1) is 9.12. The summed E-state index contributed by atoms with van der Waals surface area (Å²) in [5.74, 6) is -0.150. The van der Waals surface area contributed by atoms with Crippen LogP contribution in [0.2, 0.25) is 0 Å². The highest BCUT2D eigenvalue weighted by Gasteiger charge is 2.10. The van der Waals surface area contributed by atoms with Crippen LogP contribution in [0.3, 0.4) is 0 Å². The molecule has 0 amide bonds. The average Bonchev–Trinajstić information content (AvgIpc) is 2.62. The molecule has 0 bridgehead atoms. The molecule has 0 atom stereocenters. The quantitative estimate of drug-likeness (QED) is 0.705. The van der Waals surface area contributed by atoms with Crippen molar-refractivity contribution in [2.45, 2.75) is 12.8 Å². The first-order valence-electron chi connectivity index (χ1n) is 4.26. The average molecular weight is 289 g/mol. The maximum atomic E-state index is 12.9. The minimum absolute atomic E-state index is 0.150. The Labute approximate surface area is 90.2 Å². The molecule has 0 fully saturated rings. The summed E-state index contributed by atoms with van der Waals surface area (Å²) in [7, 11) is 0. The van der Waals surface area contributed by atoms with Gasteiger partial charge in [0.2, 0.25) is 0 Å². The molecule has 0 saturated heterocycles. The summed E-state index contributed by atoms with van der Waals surface area (Å²) >= 11 is 2.01. The van der Waals surface area contributed by atoms with E-state index in [4.69, 9.17) is 0 Å². The molecule has 0 saturated carbocycles. The Morgan fingerprint density at radius 3 is 2.85 bits per heavy atom. The highest BCUT2D eigenvalue weighted by molar-refractivity contribution is 14.1. The SMILES string of the molecule is Fc1ccc(C2=NCCC2)cc1I. The number of benzene rings is 1. The molecule has 0 N–H and O–H groups in total. The van der Waals surface area contributed by atoms with Gasteiger partial charge in [0.05, 0.1) is 0 Å². The molecule has 13 heavy (non-hydrogen) atoms. The standard InChI is InChI=1S/C10H9FIN/c11-8-4-3-7(6-9(8)12)10-2-1-5-13-10/h3-4,6H,1-2,5H2. The summed E-state index contributed by atoms with van der Waals surface area (Å²) in [5.41, 5.74) is 2.20. The van der Waals surface area contributed by atoms with Crippen molar-refractivity contribution in [1.29, 1.82) is 0 Å². The summed E-state index contributed by atoms with van der Waals surface area (Å²) in [5, 5.41) is 0. The van der Waals surface area contributed by atoms with Crippen molar-refractivity contribution in [2.24, 2.45) is 4.99 Å². The van der Waals surface area contributed by atoms with Crippen molar-refractivity contribution in [1.82, 2.24) is 0 Å². The second-order valence-electron chi connectivity index (χ2n) is 3.06. The topological polar surface area (TPSA) is 12.4 Å². The number of aliphatic imine (C=N–C) groups is 1. The molecule has 1 aliphatic rings. The van der Waals surface area contributed by atoms with Crippen LogP contribution in [0.15, 0.2) is 23.2 Å². The zero-order valence-electron chi connectivity index (χ0n) is 7.06. The van der Waals surface area contributed by atoms with Crippen LogP contribution >= 0.6 is 22.6 Å². The fraction of sp³-hybridized carbons (Fsp3) is 0.300. The first-order chi connectivity index (χ1) is 6.27. The predicted molar refractivity (Wildman–Crippen MR) is 59.8 cm³/mol. The van der Waals surface area contributed by atoms with Gasteiger partial charge in [-0.1, -0.05) is 6.07 Å². The molecule has 1 aromatic rings. The highest BCUT2D eigenvalue weighted by Crippen LogP contribution is 2.17. The monoisotopic (exact) mass is 289 g/mol. The summed E-state index contributed by atoms with van der Waals surface area (Å²) in [6.07, 6.45) is 2.16. The van der Waals surface area contributed by atoms with E-state index in [1.54, 1.807) is 0 Å². The van der Waals surface area contributed by atoms with Gasteiger partial charge >= 0.3 is 0 Å². The fourth-order valence-corrected chi connectivity index (χ4v) is 1.97. The van der Waals surface area contributed by atoms with Crippen molar-refractivity contribution in [2.75, 3.05) is 6.54 Å². The Balaban J connectivity index is 2.36. The van der Waals surface area contributed by atoms with Crippen LogP contribution in [0.25, 0.3) is 0 Å². The van der Waals surface area contributed by atoms with E-state index in [9.17, 15) is 4.39 Å². The third kappa shape index (κ3) is 1.90. The lowest BCUT2D eigenvalue weighted by molar-refractivity contribution is 0.620. The van der Waals surface area contributed by atoms with Crippen molar-refractivity contribution in [3.63, 3.8) is 0 Å². The molecule has 68 valence electrons. The van der Waals surface area contributed by atoms with Crippen LogP contribution in [0.5, 0.6) is 0 Å². The Kier molecular flexibility index (Phi) is 2.62. The normalized spacial score (nSPS) is 16.0. The van der Waals surface area contributed by atoms with E-state index in [1.165, 1.54) is 6.07 Å². The second kappa shape index (κ2) is 3.74. The van der Waals surface area contributed by atoms with E-state index in [0.29, 0.717) is 3.57 Å². The Morgan fingerprint density at radius 2 is 2.23 bits per heavy atom. The number of halogens is 2. The van der Waals surface area contributed by atoms with Crippen LogP contribution in [0.4, 0.5) is 4.39 Å². The van der Waals surface area contributed by atoms with Crippen molar-refractivity contribution in [3.05, 3.63) is 33.1 Å². The Hall–Kier alpha value is -0.450. The molecule has 1 heterocycles. The van der Waals surface area contributed by atoms with Crippen LogP contribution in [-0.2, 0) is 0 Å². The molecule has 1 nitrogen and oxygen atoms in total. The van der Waals surface area contributed by atoms with Gasteiger partial charge in [0.15, 0.2) is 0 Å². The third-order valence-electron chi connectivity index (χ3n) is 2.13.